The number of hydrogen-bond acceptors (Lipinski definition) is 3. The molecule has 0 radical (unpaired) electrons. The highest BCUT2D eigenvalue weighted by molar-refractivity contribution is 7.98. The van der Waals surface area contributed by atoms with E-state index in [1.807, 2.05) is 68.6 Å². The van der Waals surface area contributed by atoms with Crippen LogP contribution in [0.5, 0.6) is 5.75 Å². The summed E-state index contributed by atoms with van der Waals surface area (Å²) in [4.78, 5) is 13.3. The third kappa shape index (κ3) is 4.28. The molecule has 2 rings (SSSR count). The molecular formula is C18H21NO2S. The molecule has 0 saturated heterocycles. The zero-order valence-electron chi connectivity index (χ0n) is 13.1. The van der Waals surface area contributed by atoms with Crippen molar-refractivity contribution in [1.82, 2.24) is 5.32 Å². The molecule has 0 fully saturated rings. The Bertz CT molecular complexity index is 642. The van der Waals surface area contributed by atoms with Gasteiger partial charge in [0.25, 0.3) is 5.91 Å². The minimum atomic E-state index is -0.0676. The zero-order valence-corrected chi connectivity index (χ0v) is 13.9. The van der Waals surface area contributed by atoms with E-state index in [0.29, 0.717) is 12.2 Å². The maximum atomic E-state index is 12.3. The van der Waals surface area contributed by atoms with Crippen LogP contribution in [0.15, 0.2) is 53.4 Å². The first-order valence-corrected chi connectivity index (χ1v) is 8.46. The van der Waals surface area contributed by atoms with Crippen LogP contribution in [0.2, 0.25) is 0 Å². The number of carbonyl (C=O) groups is 1. The number of amides is 1. The highest BCUT2D eigenvalue weighted by Gasteiger charge is 2.13. The number of nitrogens with one attached hydrogen (secondary N) is 1. The molecule has 0 aliphatic heterocycles. The normalized spacial score (nSPS) is 11.8. The molecule has 3 nitrogen and oxygen atoms in total. The second kappa shape index (κ2) is 7.90. The number of thioether (sulfide) groups is 1. The van der Waals surface area contributed by atoms with E-state index in [9.17, 15) is 4.79 Å². The van der Waals surface area contributed by atoms with E-state index in [2.05, 4.69) is 5.32 Å². The number of para-hydroxylation sites is 1. The van der Waals surface area contributed by atoms with E-state index in [-0.39, 0.29) is 11.9 Å². The SMILES string of the molecule is CSc1ccccc1C(=O)N[C@H](C)COc1ccccc1C. The molecule has 0 unspecified atom stereocenters. The number of carbonyl (C=O) groups excluding carboxylic acids is 1. The Labute approximate surface area is 136 Å². The zero-order chi connectivity index (χ0) is 15.9. The van der Waals surface area contributed by atoms with Crippen LogP contribution >= 0.6 is 11.8 Å². The predicted octanol–water partition coefficient (Wildman–Crippen LogP) is 3.91. The lowest BCUT2D eigenvalue weighted by Gasteiger charge is -2.17. The first kappa shape index (κ1) is 16.4. The van der Waals surface area contributed by atoms with Crippen LogP contribution < -0.4 is 10.1 Å². The van der Waals surface area contributed by atoms with Gasteiger partial charge in [-0.1, -0.05) is 30.3 Å². The third-order valence-electron chi connectivity index (χ3n) is 3.31. The van der Waals surface area contributed by atoms with Gasteiger partial charge in [-0.2, -0.15) is 0 Å². The number of benzene rings is 2. The fraction of sp³-hybridized carbons (Fsp3) is 0.278. The molecule has 0 heterocycles. The maximum Gasteiger partial charge on any atom is 0.252 e. The monoisotopic (exact) mass is 315 g/mol. The minimum absolute atomic E-state index is 0.0640. The molecule has 0 saturated carbocycles. The Hall–Kier alpha value is -1.94. The highest BCUT2D eigenvalue weighted by atomic mass is 32.2. The van der Waals surface area contributed by atoms with E-state index in [1.54, 1.807) is 11.8 Å². The van der Waals surface area contributed by atoms with Gasteiger partial charge in [-0.05, 0) is 43.9 Å². The quantitative estimate of drug-likeness (QED) is 0.821. The Morgan fingerprint density at radius 3 is 2.59 bits per heavy atom. The van der Waals surface area contributed by atoms with E-state index < -0.39 is 0 Å². The lowest BCUT2D eigenvalue weighted by molar-refractivity contribution is 0.0923. The van der Waals surface area contributed by atoms with Crippen molar-refractivity contribution in [2.75, 3.05) is 12.9 Å². The Kier molecular flexibility index (Phi) is 5.90. The van der Waals surface area contributed by atoms with Crippen LogP contribution in [0.4, 0.5) is 0 Å². The van der Waals surface area contributed by atoms with Gasteiger partial charge in [-0.3, -0.25) is 4.79 Å². The van der Waals surface area contributed by atoms with Crippen LogP contribution in [0, 0.1) is 6.92 Å². The lowest BCUT2D eigenvalue weighted by atomic mass is 10.2. The fourth-order valence-electron chi connectivity index (χ4n) is 2.11. The largest absolute Gasteiger partial charge is 0.491 e. The molecule has 0 aromatic heterocycles. The lowest BCUT2D eigenvalue weighted by Crippen LogP contribution is -2.37. The summed E-state index contributed by atoms with van der Waals surface area (Å²) in [7, 11) is 0. The Balaban J connectivity index is 1.93. The van der Waals surface area contributed by atoms with E-state index in [0.717, 1.165) is 16.2 Å². The molecule has 0 aliphatic carbocycles. The first-order valence-electron chi connectivity index (χ1n) is 7.24. The van der Waals surface area contributed by atoms with Gasteiger partial charge in [0.1, 0.15) is 12.4 Å². The average molecular weight is 315 g/mol. The van der Waals surface area contributed by atoms with Crippen molar-refractivity contribution in [3.8, 4) is 5.75 Å². The fourth-order valence-corrected chi connectivity index (χ4v) is 2.70. The summed E-state index contributed by atoms with van der Waals surface area (Å²) in [6, 6.07) is 15.4. The van der Waals surface area contributed by atoms with Crippen molar-refractivity contribution in [2.24, 2.45) is 0 Å². The second-order valence-electron chi connectivity index (χ2n) is 5.15. The maximum absolute atomic E-state index is 12.3. The van der Waals surface area contributed by atoms with Crippen LogP contribution in [0.25, 0.3) is 0 Å². The summed E-state index contributed by atoms with van der Waals surface area (Å²) in [6.07, 6.45) is 1.97. The molecule has 4 heteroatoms. The molecule has 0 bridgehead atoms. The van der Waals surface area contributed by atoms with Crippen LogP contribution in [0.1, 0.15) is 22.8 Å². The summed E-state index contributed by atoms with van der Waals surface area (Å²) in [5.74, 6) is 0.791. The topological polar surface area (TPSA) is 38.3 Å². The van der Waals surface area contributed by atoms with Crippen LogP contribution in [0.3, 0.4) is 0 Å². The van der Waals surface area contributed by atoms with Crippen molar-refractivity contribution >= 4 is 17.7 Å². The van der Waals surface area contributed by atoms with Gasteiger partial charge in [0.2, 0.25) is 0 Å². The minimum Gasteiger partial charge on any atom is -0.491 e. The van der Waals surface area contributed by atoms with Gasteiger partial charge < -0.3 is 10.1 Å². The van der Waals surface area contributed by atoms with Gasteiger partial charge >= 0.3 is 0 Å². The second-order valence-corrected chi connectivity index (χ2v) is 6.00. The molecule has 2 aromatic carbocycles. The van der Waals surface area contributed by atoms with E-state index in [4.69, 9.17) is 4.74 Å². The summed E-state index contributed by atoms with van der Waals surface area (Å²) < 4.78 is 5.77. The molecule has 1 atom stereocenters. The van der Waals surface area contributed by atoms with Gasteiger partial charge in [-0.15, -0.1) is 11.8 Å². The molecule has 1 amide bonds. The third-order valence-corrected chi connectivity index (χ3v) is 4.11. The molecule has 0 spiro atoms. The van der Waals surface area contributed by atoms with Crippen molar-refractivity contribution in [3.05, 3.63) is 59.7 Å². The van der Waals surface area contributed by atoms with Gasteiger partial charge in [0.15, 0.2) is 0 Å². The number of rotatable bonds is 6. The summed E-state index contributed by atoms with van der Waals surface area (Å²) in [5.41, 5.74) is 1.80. The first-order chi connectivity index (χ1) is 10.6. The van der Waals surface area contributed by atoms with E-state index in [1.165, 1.54) is 0 Å². The predicted molar refractivity (Wildman–Crippen MR) is 91.8 cm³/mol. The Morgan fingerprint density at radius 1 is 1.18 bits per heavy atom. The van der Waals surface area contributed by atoms with Gasteiger partial charge in [0, 0.05) is 4.90 Å². The van der Waals surface area contributed by atoms with Crippen molar-refractivity contribution in [2.45, 2.75) is 24.8 Å². The number of hydrogen-bond donors (Lipinski definition) is 1. The van der Waals surface area contributed by atoms with Gasteiger partial charge in [-0.25, -0.2) is 0 Å². The van der Waals surface area contributed by atoms with Crippen molar-refractivity contribution < 1.29 is 9.53 Å². The molecule has 2 aromatic rings. The summed E-state index contributed by atoms with van der Waals surface area (Å²) in [5, 5.41) is 2.98. The highest BCUT2D eigenvalue weighted by Crippen LogP contribution is 2.20. The molecule has 22 heavy (non-hydrogen) atoms. The van der Waals surface area contributed by atoms with Crippen molar-refractivity contribution in [3.63, 3.8) is 0 Å². The van der Waals surface area contributed by atoms with Crippen LogP contribution in [-0.2, 0) is 0 Å². The number of ether oxygens (including phenoxy) is 1. The summed E-state index contributed by atoms with van der Waals surface area (Å²) in [6.45, 7) is 4.39. The smallest absolute Gasteiger partial charge is 0.252 e. The molecule has 1 N–H and O–H groups in total. The Morgan fingerprint density at radius 2 is 1.86 bits per heavy atom. The average Bonchev–Trinajstić information content (AvgIpc) is 2.54. The molecular weight excluding hydrogens is 294 g/mol. The number of aryl methyl sites for hydroxylation is 1. The molecule has 116 valence electrons. The summed E-state index contributed by atoms with van der Waals surface area (Å²) >= 11 is 1.57. The van der Waals surface area contributed by atoms with E-state index >= 15 is 0 Å². The van der Waals surface area contributed by atoms with Crippen molar-refractivity contribution in [1.29, 1.82) is 0 Å². The van der Waals surface area contributed by atoms with Gasteiger partial charge in [0.05, 0.1) is 11.6 Å². The standard InChI is InChI=1S/C18H21NO2S/c1-13-8-4-6-10-16(13)21-12-14(2)19-18(20)15-9-5-7-11-17(15)22-3/h4-11,14H,12H2,1-3H3,(H,19,20)/t14-/m1/s1. The van der Waals surface area contributed by atoms with Crippen LogP contribution in [-0.4, -0.2) is 24.8 Å². The molecule has 0 aliphatic rings.